The van der Waals surface area contributed by atoms with Crippen molar-refractivity contribution in [2.24, 2.45) is 5.73 Å². The second-order valence-corrected chi connectivity index (χ2v) is 10.4. The molecule has 0 aromatic carbocycles. The van der Waals surface area contributed by atoms with Crippen molar-refractivity contribution >= 4 is 23.5 Å². The van der Waals surface area contributed by atoms with Gasteiger partial charge in [0.1, 0.15) is 12.2 Å². The predicted octanol–water partition coefficient (Wildman–Crippen LogP) is -2.23. The molecule has 17 nitrogen and oxygen atoms in total. The highest BCUT2D eigenvalue weighted by molar-refractivity contribution is 7.66. The molecule has 1 aliphatic rings. The Labute approximate surface area is 166 Å². The van der Waals surface area contributed by atoms with Gasteiger partial charge < -0.3 is 35.2 Å². The van der Waals surface area contributed by atoms with E-state index < -0.39 is 65.8 Å². The fourth-order valence-corrected chi connectivity index (χ4v) is 5.43. The van der Waals surface area contributed by atoms with Crippen LogP contribution in [0.15, 0.2) is 15.8 Å². The topological polar surface area (TPSA) is 270 Å². The summed E-state index contributed by atoms with van der Waals surface area (Å²) in [4.78, 5) is 60.8. The van der Waals surface area contributed by atoms with Gasteiger partial charge in [0.2, 0.25) is 0 Å². The number of aryl methyl sites for hydroxylation is 1. The summed E-state index contributed by atoms with van der Waals surface area (Å²) in [7, 11) is -16.7. The van der Waals surface area contributed by atoms with Gasteiger partial charge in [-0.15, -0.1) is 0 Å². The molecule has 1 aromatic rings. The molecule has 2 unspecified atom stereocenters. The molecule has 6 atom stereocenters. The van der Waals surface area contributed by atoms with Gasteiger partial charge in [-0.2, -0.15) is 8.62 Å². The molecule has 0 amide bonds. The van der Waals surface area contributed by atoms with Crippen molar-refractivity contribution in [2.75, 3.05) is 6.61 Å². The summed E-state index contributed by atoms with van der Waals surface area (Å²) in [6.07, 6.45) is -3.23. The molecule has 1 saturated heterocycles. The third kappa shape index (κ3) is 6.48. The number of hydrogen-bond acceptors (Lipinski definition) is 11. The van der Waals surface area contributed by atoms with Crippen LogP contribution in [0.1, 0.15) is 11.8 Å². The van der Waals surface area contributed by atoms with E-state index in [1.165, 1.54) is 6.92 Å². The van der Waals surface area contributed by atoms with Crippen LogP contribution in [0.4, 0.5) is 0 Å². The highest BCUT2D eigenvalue weighted by Crippen LogP contribution is 2.66. The summed E-state index contributed by atoms with van der Waals surface area (Å²) in [5, 5.41) is 10.1. The molecule has 0 saturated carbocycles. The predicted molar refractivity (Wildman–Crippen MR) is 93.8 cm³/mol. The molecule has 0 radical (unpaired) electrons. The van der Waals surface area contributed by atoms with Crippen molar-refractivity contribution in [3.05, 3.63) is 32.6 Å². The van der Waals surface area contributed by atoms with E-state index in [-0.39, 0.29) is 5.56 Å². The third-order valence-electron chi connectivity index (χ3n) is 3.66. The van der Waals surface area contributed by atoms with E-state index in [1.807, 2.05) is 4.98 Å². The van der Waals surface area contributed by atoms with Crippen LogP contribution < -0.4 is 17.0 Å². The van der Waals surface area contributed by atoms with Gasteiger partial charge in [-0.1, -0.05) is 0 Å². The summed E-state index contributed by atoms with van der Waals surface area (Å²) in [6, 6.07) is -1.26. The number of phosphoric acid groups is 3. The number of aromatic amines is 1. The van der Waals surface area contributed by atoms with Crippen molar-refractivity contribution in [2.45, 2.75) is 31.4 Å². The minimum absolute atomic E-state index is 0.122. The number of aliphatic hydroxyl groups is 1. The molecule has 1 aliphatic heterocycles. The maximum atomic E-state index is 11.9. The molecule has 2 rings (SSSR count). The molecule has 2 heterocycles. The van der Waals surface area contributed by atoms with E-state index >= 15 is 0 Å². The maximum absolute atomic E-state index is 11.9. The fourth-order valence-electron chi connectivity index (χ4n) is 2.40. The maximum Gasteiger partial charge on any atom is 0.490 e. The molecule has 1 fully saturated rings. The largest absolute Gasteiger partial charge is 0.490 e. The smallest absolute Gasteiger partial charge is 0.389 e. The van der Waals surface area contributed by atoms with Gasteiger partial charge in [0.25, 0.3) is 5.56 Å². The molecular weight excluding hydrogens is 479 g/mol. The lowest BCUT2D eigenvalue weighted by Crippen LogP contribution is -2.43. The number of nitrogens with one attached hydrogen (secondary N) is 1. The van der Waals surface area contributed by atoms with Crippen LogP contribution >= 0.6 is 23.5 Å². The number of aromatic nitrogens is 2. The number of nitrogens with two attached hydrogens (primary N) is 1. The molecular formula is C10H18N3O14P3. The van der Waals surface area contributed by atoms with Crippen molar-refractivity contribution in [1.29, 1.82) is 0 Å². The molecule has 172 valence electrons. The molecule has 1 aromatic heterocycles. The standard InChI is InChI=1S/C10H18N3O14P3/c1-4-2-13(10(16)12-8(4)15)9-6(11)7(14)5(25-9)3-24-29(20,21)27-30(22,23)26-28(17,18)19/h2,5-7,9,14H,3,11H2,1H3,(H,20,21)(H,22,23)(H,12,15,16)(H2,17,18,19)/t5-,6-,7-,9-/m1/s1. The van der Waals surface area contributed by atoms with Gasteiger partial charge in [-0.3, -0.25) is 18.9 Å². The average Bonchev–Trinajstić information content (AvgIpc) is 2.81. The molecule has 0 spiro atoms. The third-order valence-corrected chi connectivity index (χ3v) is 7.46. The van der Waals surface area contributed by atoms with E-state index in [1.54, 1.807) is 0 Å². The molecule has 8 N–H and O–H groups in total. The summed E-state index contributed by atoms with van der Waals surface area (Å²) in [6.45, 7) is 0.421. The van der Waals surface area contributed by atoms with Crippen LogP contribution in [-0.2, 0) is 31.6 Å². The Morgan fingerprint density at radius 2 is 1.77 bits per heavy atom. The first-order valence-corrected chi connectivity index (χ1v) is 12.2. The van der Waals surface area contributed by atoms with Crippen molar-refractivity contribution in [3.63, 3.8) is 0 Å². The van der Waals surface area contributed by atoms with Crippen molar-refractivity contribution in [3.8, 4) is 0 Å². The average molecular weight is 497 g/mol. The van der Waals surface area contributed by atoms with Gasteiger partial charge in [0.15, 0.2) is 6.23 Å². The SMILES string of the molecule is Cc1cn([C@@H]2O[C@H](COP(=O)(O)OP(=O)(O)OP(=O)(O)O)[C@@H](O)[C@H]2N)c(=O)[nH]c1=O. The molecule has 0 bridgehead atoms. The minimum Gasteiger partial charge on any atom is -0.389 e. The lowest BCUT2D eigenvalue weighted by atomic mass is 10.1. The van der Waals surface area contributed by atoms with Gasteiger partial charge in [-0.05, 0) is 6.92 Å². The molecule has 30 heavy (non-hydrogen) atoms. The highest BCUT2D eigenvalue weighted by Gasteiger charge is 2.46. The summed E-state index contributed by atoms with van der Waals surface area (Å²) in [5.41, 5.74) is 4.33. The molecule has 0 aliphatic carbocycles. The Kier molecular flexibility index (Phi) is 7.44. The number of phosphoric ester groups is 1. The van der Waals surface area contributed by atoms with Crippen LogP contribution in [-0.4, -0.2) is 59.1 Å². The van der Waals surface area contributed by atoms with Crippen LogP contribution in [0.2, 0.25) is 0 Å². The fraction of sp³-hybridized carbons (Fsp3) is 0.600. The zero-order valence-electron chi connectivity index (χ0n) is 14.9. The van der Waals surface area contributed by atoms with Gasteiger partial charge in [-0.25, -0.2) is 18.5 Å². The number of rotatable bonds is 8. The first-order chi connectivity index (χ1) is 13.5. The Hall–Kier alpha value is -1.03. The van der Waals surface area contributed by atoms with Crippen molar-refractivity contribution < 1.29 is 56.3 Å². The lowest BCUT2D eigenvalue weighted by molar-refractivity contribution is -0.0456. The molecule has 20 heteroatoms. The summed E-state index contributed by atoms with van der Waals surface area (Å²) < 4.78 is 51.2. The van der Waals surface area contributed by atoms with E-state index in [0.717, 1.165) is 10.8 Å². The number of hydrogen-bond donors (Lipinski definition) is 7. The number of aliphatic hydroxyl groups excluding tert-OH is 1. The van der Waals surface area contributed by atoms with E-state index in [0.29, 0.717) is 0 Å². The quantitative estimate of drug-likeness (QED) is 0.187. The van der Waals surface area contributed by atoms with Gasteiger partial charge in [0.05, 0.1) is 12.6 Å². The Bertz CT molecular complexity index is 1050. The second-order valence-electron chi connectivity index (χ2n) is 6.00. The first-order valence-electron chi connectivity index (χ1n) is 7.71. The van der Waals surface area contributed by atoms with E-state index in [9.17, 15) is 33.3 Å². The Morgan fingerprint density at radius 1 is 1.17 bits per heavy atom. The van der Waals surface area contributed by atoms with Crippen LogP contribution in [0, 0.1) is 6.92 Å². The van der Waals surface area contributed by atoms with Crippen molar-refractivity contribution in [1.82, 2.24) is 9.55 Å². The highest BCUT2D eigenvalue weighted by atomic mass is 31.3. The lowest BCUT2D eigenvalue weighted by Gasteiger charge is -2.19. The zero-order chi connectivity index (χ0) is 23.1. The van der Waals surface area contributed by atoms with E-state index in [2.05, 4.69) is 13.1 Å². The summed E-state index contributed by atoms with van der Waals surface area (Å²) >= 11 is 0. The second kappa shape index (κ2) is 8.84. The Morgan fingerprint density at radius 3 is 2.33 bits per heavy atom. The number of H-pyrrole nitrogens is 1. The minimum atomic E-state index is -5.71. The number of ether oxygens (including phenoxy) is 1. The van der Waals surface area contributed by atoms with Crippen LogP contribution in [0.25, 0.3) is 0 Å². The monoisotopic (exact) mass is 497 g/mol. The van der Waals surface area contributed by atoms with Gasteiger partial charge in [0, 0.05) is 11.8 Å². The van der Waals surface area contributed by atoms with Crippen LogP contribution in [0.5, 0.6) is 0 Å². The first kappa shape index (κ1) is 25.2. The van der Waals surface area contributed by atoms with E-state index in [4.69, 9.17) is 25.2 Å². The summed E-state index contributed by atoms with van der Waals surface area (Å²) in [5.74, 6) is 0. The normalized spacial score (nSPS) is 28.8. The number of nitrogens with zero attached hydrogens (tertiary/aromatic N) is 1. The van der Waals surface area contributed by atoms with Crippen LogP contribution in [0.3, 0.4) is 0 Å². The Balaban J connectivity index is 2.09. The van der Waals surface area contributed by atoms with Gasteiger partial charge >= 0.3 is 29.2 Å². The zero-order valence-corrected chi connectivity index (χ0v) is 17.6.